The summed E-state index contributed by atoms with van der Waals surface area (Å²) in [4.78, 5) is 24.9. The number of aromatic nitrogens is 2. The molecular formula is C26H32N4O4. The molecule has 1 spiro atoms. The molecule has 8 heteroatoms. The first-order valence-electron chi connectivity index (χ1n) is 11.8. The van der Waals surface area contributed by atoms with Crippen LogP contribution in [0.3, 0.4) is 0 Å². The van der Waals surface area contributed by atoms with Gasteiger partial charge in [0.05, 0.1) is 25.5 Å². The number of aromatic amines is 1. The van der Waals surface area contributed by atoms with E-state index in [2.05, 4.69) is 20.9 Å². The third kappa shape index (κ3) is 3.96. The first-order valence-corrected chi connectivity index (χ1v) is 11.8. The van der Waals surface area contributed by atoms with Crippen molar-refractivity contribution in [2.45, 2.75) is 30.8 Å². The van der Waals surface area contributed by atoms with Crippen LogP contribution in [0.4, 0.5) is 0 Å². The van der Waals surface area contributed by atoms with Crippen molar-refractivity contribution in [2.24, 2.45) is 0 Å². The highest BCUT2D eigenvalue weighted by molar-refractivity contribution is 5.88. The highest BCUT2D eigenvalue weighted by Gasteiger charge is 2.47. The summed E-state index contributed by atoms with van der Waals surface area (Å²) in [6, 6.07) is 11.9. The van der Waals surface area contributed by atoms with Crippen molar-refractivity contribution in [3.8, 4) is 5.75 Å². The Morgan fingerprint density at radius 3 is 2.74 bits per heavy atom. The Bertz CT molecular complexity index is 1150. The van der Waals surface area contributed by atoms with Gasteiger partial charge in [-0.15, -0.1) is 0 Å². The standard InChI is InChI=1S/C26H32N4O4/c1-33-16-23(32)29-11-8-26(9-12-29)17-30(14-18-5-3-4-10-27-18)22(15-31)25-24(26)20-7-6-19(34-2)13-21(20)28-25/h3-7,10,13,22,28,31H,8-9,11-12,14-17H2,1-2H3/t22-/m0/s1. The van der Waals surface area contributed by atoms with Gasteiger partial charge >= 0.3 is 0 Å². The number of nitrogens with one attached hydrogen (secondary N) is 1. The zero-order chi connectivity index (χ0) is 23.7. The second-order valence-electron chi connectivity index (χ2n) is 9.34. The Kier molecular flexibility index (Phi) is 6.29. The number of rotatable bonds is 6. The number of likely N-dealkylation sites (tertiary alicyclic amines) is 1. The fourth-order valence-corrected chi connectivity index (χ4v) is 5.79. The molecule has 1 atom stereocenters. The predicted molar refractivity (Wildman–Crippen MR) is 129 cm³/mol. The fraction of sp³-hybridized carbons (Fsp3) is 0.462. The van der Waals surface area contributed by atoms with Crippen molar-refractivity contribution < 1.29 is 19.4 Å². The maximum atomic E-state index is 12.5. The molecule has 0 bridgehead atoms. The Balaban J connectivity index is 1.57. The number of hydrogen-bond acceptors (Lipinski definition) is 6. The minimum atomic E-state index is -0.158. The molecule has 4 heterocycles. The maximum Gasteiger partial charge on any atom is 0.248 e. The molecular weight excluding hydrogens is 432 g/mol. The topological polar surface area (TPSA) is 90.9 Å². The molecule has 1 saturated heterocycles. The third-order valence-corrected chi connectivity index (χ3v) is 7.45. The van der Waals surface area contributed by atoms with Gasteiger partial charge in [-0.05, 0) is 42.7 Å². The number of nitrogens with zero attached hydrogens (tertiary/aromatic N) is 3. The number of pyridine rings is 1. The average molecular weight is 465 g/mol. The SMILES string of the molecule is COCC(=O)N1CCC2(CC1)CN(Cc1ccccn1)[C@@H](CO)c1[nH]c3cc(OC)ccc3c12. The number of benzene rings is 1. The zero-order valence-electron chi connectivity index (χ0n) is 19.8. The summed E-state index contributed by atoms with van der Waals surface area (Å²) in [7, 11) is 3.23. The van der Waals surface area contributed by atoms with Gasteiger partial charge in [0.2, 0.25) is 5.91 Å². The van der Waals surface area contributed by atoms with Crippen LogP contribution < -0.4 is 4.74 Å². The number of piperidine rings is 1. The largest absolute Gasteiger partial charge is 0.497 e. The monoisotopic (exact) mass is 464 g/mol. The van der Waals surface area contributed by atoms with Crippen LogP contribution in [0, 0.1) is 0 Å². The molecule has 0 radical (unpaired) electrons. The fourth-order valence-electron chi connectivity index (χ4n) is 5.79. The van der Waals surface area contributed by atoms with Crippen LogP contribution in [0.25, 0.3) is 10.9 Å². The summed E-state index contributed by atoms with van der Waals surface area (Å²) in [5, 5.41) is 11.7. The van der Waals surface area contributed by atoms with Gasteiger partial charge in [-0.2, -0.15) is 0 Å². The summed E-state index contributed by atoms with van der Waals surface area (Å²) in [5.74, 6) is 0.835. The van der Waals surface area contributed by atoms with E-state index in [1.165, 1.54) is 10.9 Å². The van der Waals surface area contributed by atoms with Gasteiger partial charge in [0.1, 0.15) is 12.4 Å². The van der Waals surface area contributed by atoms with Crippen molar-refractivity contribution in [1.82, 2.24) is 19.8 Å². The molecule has 180 valence electrons. The van der Waals surface area contributed by atoms with E-state index < -0.39 is 0 Å². The molecule has 1 amide bonds. The van der Waals surface area contributed by atoms with Crippen molar-refractivity contribution in [1.29, 1.82) is 0 Å². The summed E-state index contributed by atoms with van der Waals surface area (Å²) in [6.07, 6.45) is 3.51. The van der Waals surface area contributed by atoms with E-state index in [1.807, 2.05) is 41.4 Å². The van der Waals surface area contributed by atoms with Gasteiger partial charge < -0.3 is 24.5 Å². The number of aliphatic hydroxyl groups excluding tert-OH is 1. The first-order chi connectivity index (χ1) is 16.6. The highest BCUT2D eigenvalue weighted by Crippen LogP contribution is 2.49. The van der Waals surface area contributed by atoms with Gasteiger partial charge in [-0.1, -0.05) is 6.07 Å². The van der Waals surface area contributed by atoms with Gasteiger partial charge in [0.15, 0.2) is 0 Å². The number of hydrogen-bond donors (Lipinski definition) is 2. The van der Waals surface area contributed by atoms with Crippen LogP contribution in [0.2, 0.25) is 0 Å². The van der Waals surface area contributed by atoms with Crippen LogP contribution in [0.15, 0.2) is 42.6 Å². The van der Waals surface area contributed by atoms with E-state index in [4.69, 9.17) is 9.47 Å². The molecule has 2 aliphatic heterocycles. The van der Waals surface area contributed by atoms with Gasteiger partial charge in [-0.25, -0.2) is 0 Å². The lowest BCUT2D eigenvalue weighted by molar-refractivity contribution is -0.137. The average Bonchev–Trinajstić information content (AvgIpc) is 3.25. The van der Waals surface area contributed by atoms with Crippen LogP contribution in [0.1, 0.15) is 35.8 Å². The van der Waals surface area contributed by atoms with Crippen molar-refractivity contribution >= 4 is 16.8 Å². The van der Waals surface area contributed by atoms with E-state index in [9.17, 15) is 9.90 Å². The summed E-state index contributed by atoms with van der Waals surface area (Å²) in [6.45, 7) is 2.95. The van der Waals surface area contributed by atoms with E-state index in [-0.39, 0.29) is 30.6 Å². The second kappa shape index (κ2) is 9.37. The Morgan fingerprint density at radius 2 is 2.06 bits per heavy atom. The molecule has 34 heavy (non-hydrogen) atoms. The van der Waals surface area contributed by atoms with E-state index in [0.717, 1.165) is 42.0 Å². The van der Waals surface area contributed by atoms with Gasteiger partial charge in [0, 0.05) is 67.6 Å². The smallest absolute Gasteiger partial charge is 0.248 e. The molecule has 5 rings (SSSR count). The van der Waals surface area contributed by atoms with Crippen LogP contribution >= 0.6 is 0 Å². The van der Waals surface area contributed by atoms with Crippen molar-refractivity contribution in [3.63, 3.8) is 0 Å². The first kappa shape index (κ1) is 22.8. The minimum absolute atomic E-state index is 0.0122. The molecule has 0 unspecified atom stereocenters. The number of carbonyl (C=O) groups excluding carboxylic acids is 1. The summed E-state index contributed by atoms with van der Waals surface area (Å²) >= 11 is 0. The normalized spacial score (nSPS) is 20.0. The maximum absolute atomic E-state index is 12.5. The number of H-pyrrole nitrogens is 1. The Hall–Kier alpha value is -2.94. The van der Waals surface area contributed by atoms with Crippen LogP contribution in [-0.4, -0.2) is 77.8 Å². The number of fused-ring (bicyclic) bond motifs is 4. The van der Waals surface area contributed by atoms with Gasteiger partial charge in [0.25, 0.3) is 0 Å². The zero-order valence-corrected chi connectivity index (χ0v) is 19.8. The predicted octanol–water partition coefficient (Wildman–Crippen LogP) is 2.63. The Morgan fingerprint density at radius 1 is 1.24 bits per heavy atom. The van der Waals surface area contributed by atoms with E-state index in [1.54, 1.807) is 14.2 Å². The number of amides is 1. The lowest BCUT2D eigenvalue weighted by Crippen LogP contribution is -2.54. The molecule has 2 aliphatic rings. The lowest BCUT2D eigenvalue weighted by atomic mass is 9.68. The second-order valence-corrected chi connectivity index (χ2v) is 9.34. The quantitative estimate of drug-likeness (QED) is 0.583. The van der Waals surface area contributed by atoms with E-state index >= 15 is 0 Å². The number of carbonyl (C=O) groups is 1. The number of aliphatic hydroxyl groups is 1. The van der Waals surface area contributed by atoms with Crippen LogP contribution in [0.5, 0.6) is 5.75 Å². The minimum Gasteiger partial charge on any atom is -0.497 e. The summed E-state index contributed by atoms with van der Waals surface area (Å²) < 4.78 is 10.5. The van der Waals surface area contributed by atoms with Gasteiger partial charge in [-0.3, -0.25) is 14.7 Å². The molecule has 2 N–H and O–H groups in total. The molecule has 0 saturated carbocycles. The molecule has 3 aromatic rings. The number of methoxy groups -OCH3 is 2. The molecule has 2 aromatic heterocycles. The third-order valence-electron chi connectivity index (χ3n) is 7.45. The van der Waals surface area contributed by atoms with Crippen molar-refractivity contribution in [2.75, 3.05) is 47.1 Å². The molecule has 1 fully saturated rings. The van der Waals surface area contributed by atoms with E-state index in [0.29, 0.717) is 19.6 Å². The summed E-state index contributed by atoms with van der Waals surface area (Å²) in [5.41, 5.74) is 4.20. The van der Waals surface area contributed by atoms with Crippen molar-refractivity contribution in [3.05, 3.63) is 59.5 Å². The molecule has 8 nitrogen and oxygen atoms in total. The molecule has 1 aromatic carbocycles. The Labute approximate surface area is 199 Å². The van der Waals surface area contributed by atoms with Crippen LogP contribution in [-0.2, 0) is 21.5 Å². The highest BCUT2D eigenvalue weighted by atomic mass is 16.5. The number of ether oxygens (including phenoxy) is 2. The lowest BCUT2D eigenvalue weighted by Gasteiger charge is -2.50. The molecule has 0 aliphatic carbocycles.